The van der Waals surface area contributed by atoms with Gasteiger partial charge in [-0.3, -0.25) is 9.59 Å². The molecular formula is C13H11Cl2N3O2. The molecule has 0 aliphatic carbocycles. The molecule has 0 unspecified atom stereocenters. The largest absolute Gasteiger partial charge is 0.368 e. The number of benzene rings is 1. The van der Waals surface area contributed by atoms with Crippen molar-refractivity contribution < 1.29 is 9.59 Å². The lowest BCUT2D eigenvalue weighted by Crippen LogP contribution is -2.34. The number of nitrogens with one attached hydrogen (secondary N) is 1. The molecule has 1 aromatic heterocycles. The quantitative estimate of drug-likeness (QED) is 0.906. The molecule has 20 heavy (non-hydrogen) atoms. The summed E-state index contributed by atoms with van der Waals surface area (Å²) in [6, 6.07) is 8.33. The summed E-state index contributed by atoms with van der Waals surface area (Å²) in [6.45, 7) is -0.236. The van der Waals surface area contributed by atoms with Crippen LogP contribution in [0.3, 0.4) is 0 Å². The first-order valence-electron chi connectivity index (χ1n) is 5.69. The normalized spacial score (nSPS) is 10.3. The minimum atomic E-state index is -0.618. The van der Waals surface area contributed by atoms with Crippen LogP contribution in [-0.4, -0.2) is 22.9 Å². The van der Waals surface area contributed by atoms with Crippen molar-refractivity contribution in [2.75, 3.05) is 6.54 Å². The first-order valence-corrected chi connectivity index (χ1v) is 6.44. The molecule has 0 saturated carbocycles. The van der Waals surface area contributed by atoms with Crippen LogP contribution in [0.15, 0.2) is 36.5 Å². The highest BCUT2D eigenvalue weighted by molar-refractivity contribution is 6.37. The van der Waals surface area contributed by atoms with Crippen LogP contribution in [-0.2, 0) is 4.79 Å². The van der Waals surface area contributed by atoms with Crippen LogP contribution < -0.4 is 11.1 Å². The highest BCUT2D eigenvalue weighted by atomic mass is 35.5. The van der Waals surface area contributed by atoms with Gasteiger partial charge in [-0.15, -0.1) is 0 Å². The number of halogens is 2. The standard InChI is InChI=1S/C13H11Cl2N3O2/c14-8-3-1-4-9(15)12(8)18-6-2-5-10(18)13(20)17-7-11(16)19/h1-6H,7H2,(H2,16,19)(H,17,20). The smallest absolute Gasteiger partial charge is 0.268 e. The Balaban J connectivity index is 2.38. The maximum atomic E-state index is 12.0. The number of carbonyl (C=O) groups excluding carboxylic acids is 2. The van der Waals surface area contributed by atoms with Gasteiger partial charge in [-0.1, -0.05) is 29.3 Å². The van der Waals surface area contributed by atoms with Crippen molar-refractivity contribution in [1.82, 2.24) is 9.88 Å². The van der Waals surface area contributed by atoms with E-state index in [1.54, 1.807) is 41.1 Å². The Bertz CT molecular complexity index is 647. The summed E-state index contributed by atoms with van der Waals surface area (Å²) in [5.74, 6) is -1.06. The van der Waals surface area contributed by atoms with Crippen LogP contribution in [0.4, 0.5) is 0 Å². The number of para-hydroxylation sites is 1. The van der Waals surface area contributed by atoms with Gasteiger partial charge in [0.2, 0.25) is 5.91 Å². The predicted molar refractivity (Wildman–Crippen MR) is 77.3 cm³/mol. The van der Waals surface area contributed by atoms with Crippen molar-refractivity contribution in [3.8, 4) is 5.69 Å². The number of hydrogen-bond donors (Lipinski definition) is 2. The summed E-state index contributed by atoms with van der Waals surface area (Å²) in [7, 11) is 0. The SMILES string of the molecule is NC(=O)CNC(=O)c1cccn1-c1c(Cl)cccc1Cl. The lowest BCUT2D eigenvalue weighted by atomic mass is 10.3. The molecular weight excluding hydrogens is 301 g/mol. The van der Waals surface area contributed by atoms with Crippen molar-refractivity contribution in [2.24, 2.45) is 5.73 Å². The van der Waals surface area contributed by atoms with Gasteiger partial charge in [0.15, 0.2) is 0 Å². The first-order chi connectivity index (χ1) is 9.50. The van der Waals surface area contributed by atoms with Gasteiger partial charge in [0.05, 0.1) is 22.3 Å². The average Bonchev–Trinajstić information content (AvgIpc) is 2.85. The second-order valence-corrected chi connectivity index (χ2v) is 4.80. The fourth-order valence-electron chi connectivity index (χ4n) is 1.74. The number of carbonyl (C=O) groups is 2. The van der Waals surface area contributed by atoms with Crippen molar-refractivity contribution in [3.05, 3.63) is 52.3 Å². The van der Waals surface area contributed by atoms with Crippen LogP contribution >= 0.6 is 23.2 Å². The number of nitrogens with zero attached hydrogens (tertiary/aromatic N) is 1. The Morgan fingerprint density at radius 2 is 1.80 bits per heavy atom. The van der Waals surface area contributed by atoms with Gasteiger partial charge >= 0.3 is 0 Å². The van der Waals surface area contributed by atoms with Gasteiger partial charge in [-0.25, -0.2) is 0 Å². The summed E-state index contributed by atoms with van der Waals surface area (Å²) >= 11 is 12.2. The molecule has 1 heterocycles. The summed E-state index contributed by atoms with van der Waals surface area (Å²) in [5, 5.41) is 3.24. The monoisotopic (exact) mass is 311 g/mol. The van der Waals surface area contributed by atoms with Gasteiger partial charge in [-0.2, -0.15) is 0 Å². The lowest BCUT2D eigenvalue weighted by molar-refractivity contribution is -0.117. The van der Waals surface area contributed by atoms with E-state index in [2.05, 4.69) is 5.32 Å². The second kappa shape index (κ2) is 5.98. The van der Waals surface area contributed by atoms with Crippen LogP contribution in [0.5, 0.6) is 0 Å². The molecule has 7 heteroatoms. The molecule has 0 radical (unpaired) electrons. The van der Waals surface area contributed by atoms with Crippen molar-refractivity contribution in [3.63, 3.8) is 0 Å². The Morgan fingerprint density at radius 1 is 1.15 bits per heavy atom. The number of hydrogen-bond acceptors (Lipinski definition) is 2. The van der Waals surface area contributed by atoms with E-state index in [-0.39, 0.29) is 6.54 Å². The number of aromatic nitrogens is 1. The molecule has 1 aromatic carbocycles. The topological polar surface area (TPSA) is 77.1 Å². The van der Waals surface area contributed by atoms with Gasteiger partial charge in [0.1, 0.15) is 5.69 Å². The number of primary amides is 1. The molecule has 0 fully saturated rings. The van der Waals surface area contributed by atoms with Gasteiger partial charge in [0, 0.05) is 6.20 Å². The molecule has 0 saturated heterocycles. The predicted octanol–water partition coefficient (Wildman–Crippen LogP) is 2.00. The molecule has 2 rings (SSSR count). The van der Waals surface area contributed by atoms with E-state index in [0.29, 0.717) is 21.4 Å². The fraction of sp³-hybridized carbons (Fsp3) is 0.0769. The summed E-state index contributed by atoms with van der Waals surface area (Å²) in [4.78, 5) is 22.7. The maximum absolute atomic E-state index is 12.0. The number of nitrogens with two attached hydrogens (primary N) is 1. The molecule has 104 valence electrons. The lowest BCUT2D eigenvalue weighted by Gasteiger charge is -2.12. The Morgan fingerprint density at radius 3 is 2.40 bits per heavy atom. The molecule has 0 bridgehead atoms. The van der Waals surface area contributed by atoms with Crippen LogP contribution in [0, 0.1) is 0 Å². The summed E-state index contributed by atoms with van der Waals surface area (Å²) in [5.41, 5.74) is 5.80. The molecule has 2 amide bonds. The molecule has 0 spiro atoms. The van der Waals surface area contributed by atoms with E-state index in [4.69, 9.17) is 28.9 Å². The Hall–Kier alpha value is -1.98. The third kappa shape index (κ3) is 2.95. The van der Waals surface area contributed by atoms with Crippen LogP contribution in [0.1, 0.15) is 10.5 Å². The molecule has 3 N–H and O–H groups in total. The van der Waals surface area contributed by atoms with Gasteiger partial charge in [-0.05, 0) is 24.3 Å². The fourth-order valence-corrected chi connectivity index (χ4v) is 2.32. The maximum Gasteiger partial charge on any atom is 0.268 e. The van der Waals surface area contributed by atoms with Crippen molar-refractivity contribution in [2.45, 2.75) is 0 Å². The number of amides is 2. The average molecular weight is 312 g/mol. The van der Waals surface area contributed by atoms with E-state index >= 15 is 0 Å². The highest BCUT2D eigenvalue weighted by Crippen LogP contribution is 2.29. The molecule has 0 aliphatic rings. The Labute approximate surface area is 125 Å². The van der Waals surface area contributed by atoms with Crippen LogP contribution in [0.25, 0.3) is 5.69 Å². The zero-order valence-electron chi connectivity index (χ0n) is 10.3. The van der Waals surface area contributed by atoms with Crippen molar-refractivity contribution >= 4 is 35.0 Å². The zero-order chi connectivity index (χ0) is 14.7. The van der Waals surface area contributed by atoms with E-state index in [9.17, 15) is 9.59 Å². The van der Waals surface area contributed by atoms with Crippen LogP contribution in [0.2, 0.25) is 10.0 Å². The second-order valence-electron chi connectivity index (χ2n) is 3.98. The van der Waals surface area contributed by atoms with E-state index in [1.165, 1.54) is 0 Å². The van der Waals surface area contributed by atoms with E-state index in [0.717, 1.165) is 0 Å². The zero-order valence-corrected chi connectivity index (χ0v) is 11.8. The minimum absolute atomic E-state index is 0.236. The van der Waals surface area contributed by atoms with E-state index < -0.39 is 11.8 Å². The number of rotatable bonds is 4. The molecule has 2 aromatic rings. The van der Waals surface area contributed by atoms with Gasteiger partial charge in [0.25, 0.3) is 5.91 Å². The van der Waals surface area contributed by atoms with Crippen molar-refractivity contribution in [1.29, 1.82) is 0 Å². The van der Waals surface area contributed by atoms with E-state index in [1.807, 2.05) is 0 Å². The molecule has 5 nitrogen and oxygen atoms in total. The third-order valence-electron chi connectivity index (χ3n) is 2.58. The molecule has 0 atom stereocenters. The Kier molecular flexibility index (Phi) is 4.32. The highest BCUT2D eigenvalue weighted by Gasteiger charge is 2.16. The minimum Gasteiger partial charge on any atom is -0.368 e. The van der Waals surface area contributed by atoms with Gasteiger partial charge < -0.3 is 15.6 Å². The summed E-state index contributed by atoms with van der Waals surface area (Å²) in [6.07, 6.45) is 1.66. The summed E-state index contributed by atoms with van der Waals surface area (Å²) < 4.78 is 1.56. The first kappa shape index (κ1) is 14.4. The molecule has 0 aliphatic heterocycles. The third-order valence-corrected chi connectivity index (χ3v) is 3.19.